The molecule has 0 unspecified atom stereocenters. The number of carbonyl (C=O) groups excluding carboxylic acids is 1. The van der Waals surface area contributed by atoms with Gasteiger partial charge in [0.05, 0.1) is 18.6 Å². The molecule has 0 atom stereocenters. The number of hydrogen-bond donors (Lipinski definition) is 1. The summed E-state index contributed by atoms with van der Waals surface area (Å²) in [5.74, 6) is 1.10. The minimum absolute atomic E-state index is 0.0736. The van der Waals surface area contributed by atoms with Crippen LogP contribution in [0.2, 0.25) is 0 Å². The van der Waals surface area contributed by atoms with Crippen LogP contribution in [0.4, 0.5) is 5.13 Å². The highest BCUT2D eigenvalue weighted by molar-refractivity contribution is 7.89. The maximum absolute atomic E-state index is 12.4. The third-order valence-corrected chi connectivity index (χ3v) is 7.87. The standard InChI is InChI=1S/C20H27N3O4S2/c1-3-12-29(25,26)23-10-8-15(9-11-23)13-19(24)22-20-21-18(14-28-20)16-4-6-17(27-2)7-5-16/h4-7,14-15H,3,8-13H2,1-2H3,(H,21,22,24). The lowest BCUT2D eigenvalue weighted by molar-refractivity contribution is -0.117. The van der Waals surface area contributed by atoms with Crippen molar-refractivity contribution in [2.75, 3.05) is 31.3 Å². The summed E-state index contributed by atoms with van der Waals surface area (Å²) in [5, 5.41) is 5.36. The third kappa shape index (κ3) is 5.77. The molecule has 0 bridgehead atoms. The van der Waals surface area contributed by atoms with E-state index in [1.165, 1.54) is 11.3 Å². The van der Waals surface area contributed by atoms with Crippen LogP contribution < -0.4 is 10.1 Å². The zero-order chi connectivity index (χ0) is 20.9. The lowest BCUT2D eigenvalue weighted by Crippen LogP contribution is -2.40. The molecule has 2 aromatic rings. The van der Waals surface area contributed by atoms with E-state index < -0.39 is 10.0 Å². The number of methoxy groups -OCH3 is 1. The smallest absolute Gasteiger partial charge is 0.226 e. The van der Waals surface area contributed by atoms with E-state index in [2.05, 4.69) is 10.3 Å². The Morgan fingerprint density at radius 1 is 1.28 bits per heavy atom. The number of rotatable bonds is 8. The Labute approximate surface area is 176 Å². The fourth-order valence-corrected chi connectivity index (χ4v) is 5.71. The van der Waals surface area contributed by atoms with Crippen molar-refractivity contribution in [3.8, 4) is 17.0 Å². The number of benzene rings is 1. The van der Waals surface area contributed by atoms with Crippen LogP contribution >= 0.6 is 11.3 Å². The maximum Gasteiger partial charge on any atom is 0.226 e. The third-order valence-electron chi connectivity index (χ3n) is 5.04. The van der Waals surface area contributed by atoms with Crippen molar-refractivity contribution in [3.05, 3.63) is 29.6 Å². The highest BCUT2D eigenvalue weighted by atomic mass is 32.2. The number of thiazole rings is 1. The van der Waals surface area contributed by atoms with E-state index in [1.54, 1.807) is 11.4 Å². The SMILES string of the molecule is CCCS(=O)(=O)N1CCC(CC(=O)Nc2nc(-c3ccc(OC)cc3)cs2)CC1. The molecule has 1 fully saturated rings. The molecule has 0 saturated carbocycles. The normalized spacial score (nSPS) is 15.9. The minimum atomic E-state index is -3.15. The van der Waals surface area contributed by atoms with E-state index in [0.29, 0.717) is 43.9 Å². The van der Waals surface area contributed by atoms with Gasteiger partial charge in [0.2, 0.25) is 15.9 Å². The molecule has 1 aliphatic rings. The number of hydrogen-bond acceptors (Lipinski definition) is 6. The highest BCUT2D eigenvalue weighted by Crippen LogP contribution is 2.28. The molecule has 158 valence electrons. The van der Waals surface area contributed by atoms with Crippen LogP contribution in [0.15, 0.2) is 29.6 Å². The average Bonchev–Trinajstić information content (AvgIpc) is 3.16. The molecule has 29 heavy (non-hydrogen) atoms. The van der Waals surface area contributed by atoms with Gasteiger partial charge in [-0.3, -0.25) is 4.79 Å². The first-order valence-electron chi connectivity index (χ1n) is 9.79. The second-order valence-corrected chi connectivity index (χ2v) is 10.1. The van der Waals surface area contributed by atoms with Gasteiger partial charge in [0.25, 0.3) is 0 Å². The van der Waals surface area contributed by atoms with E-state index >= 15 is 0 Å². The molecule has 1 saturated heterocycles. The van der Waals surface area contributed by atoms with Crippen molar-refractivity contribution in [2.45, 2.75) is 32.6 Å². The Bertz CT molecular complexity index is 917. The van der Waals surface area contributed by atoms with Crippen LogP contribution in [0.1, 0.15) is 32.6 Å². The molecular weight excluding hydrogens is 410 g/mol. The zero-order valence-corrected chi connectivity index (χ0v) is 18.4. The monoisotopic (exact) mass is 437 g/mol. The number of aromatic nitrogens is 1. The first-order valence-corrected chi connectivity index (χ1v) is 12.3. The summed E-state index contributed by atoms with van der Waals surface area (Å²) in [5.41, 5.74) is 1.77. The van der Waals surface area contributed by atoms with Crippen LogP contribution in [0.3, 0.4) is 0 Å². The Kier molecular flexibility index (Phi) is 7.26. The van der Waals surface area contributed by atoms with Crippen molar-refractivity contribution >= 4 is 32.4 Å². The van der Waals surface area contributed by atoms with Crippen LogP contribution in [0.25, 0.3) is 11.3 Å². The molecule has 2 heterocycles. The molecule has 7 nitrogen and oxygen atoms in total. The van der Waals surface area contributed by atoms with Crippen molar-refractivity contribution in [3.63, 3.8) is 0 Å². The molecule has 0 spiro atoms. The Morgan fingerprint density at radius 3 is 2.59 bits per heavy atom. The number of sulfonamides is 1. The van der Waals surface area contributed by atoms with Gasteiger partial charge < -0.3 is 10.1 Å². The molecular formula is C20H27N3O4S2. The van der Waals surface area contributed by atoms with Crippen LogP contribution in [0.5, 0.6) is 5.75 Å². The summed E-state index contributed by atoms with van der Waals surface area (Å²) in [6.07, 6.45) is 2.44. The summed E-state index contributed by atoms with van der Waals surface area (Å²) in [4.78, 5) is 16.9. The number of piperidine rings is 1. The number of ether oxygens (including phenoxy) is 1. The second kappa shape index (κ2) is 9.69. The first kappa shape index (κ1) is 21.7. The van der Waals surface area contributed by atoms with Gasteiger partial charge in [-0.25, -0.2) is 17.7 Å². The van der Waals surface area contributed by atoms with Gasteiger partial charge in [-0.2, -0.15) is 0 Å². The van der Waals surface area contributed by atoms with Gasteiger partial charge in [0.1, 0.15) is 5.75 Å². The van der Waals surface area contributed by atoms with Crippen LogP contribution in [-0.2, 0) is 14.8 Å². The molecule has 0 aliphatic carbocycles. The zero-order valence-electron chi connectivity index (χ0n) is 16.8. The number of nitrogens with one attached hydrogen (secondary N) is 1. The van der Waals surface area contributed by atoms with Crippen LogP contribution in [0, 0.1) is 5.92 Å². The Balaban J connectivity index is 1.50. The number of carbonyl (C=O) groups is 1. The van der Waals surface area contributed by atoms with Crippen molar-refractivity contribution in [2.24, 2.45) is 5.92 Å². The van der Waals surface area contributed by atoms with Gasteiger partial charge >= 0.3 is 0 Å². The molecule has 1 aromatic heterocycles. The average molecular weight is 438 g/mol. The molecule has 1 aromatic carbocycles. The van der Waals surface area contributed by atoms with Crippen molar-refractivity contribution in [1.82, 2.24) is 9.29 Å². The first-order chi connectivity index (χ1) is 13.9. The summed E-state index contributed by atoms with van der Waals surface area (Å²) < 4.78 is 31.0. The molecule has 1 aliphatic heterocycles. The van der Waals surface area contributed by atoms with E-state index in [1.807, 2.05) is 36.6 Å². The van der Waals surface area contributed by atoms with Gasteiger partial charge in [-0.15, -0.1) is 11.3 Å². The lowest BCUT2D eigenvalue weighted by Gasteiger charge is -2.30. The van der Waals surface area contributed by atoms with Crippen molar-refractivity contribution < 1.29 is 17.9 Å². The molecule has 9 heteroatoms. The van der Waals surface area contributed by atoms with Gasteiger partial charge in [0, 0.05) is 30.5 Å². The molecule has 3 rings (SSSR count). The predicted octanol–water partition coefficient (Wildman–Crippen LogP) is 3.60. The Morgan fingerprint density at radius 2 is 1.97 bits per heavy atom. The quantitative estimate of drug-likeness (QED) is 0.682. The van der Waals surface area contributed by atoms with Crippen LogP contribution in [-0.4, -0.2) is 49.6 Å². The summed E-state index contributed by atoms with van der Waals surface area (Å²) in [6, 6.07) is 7.61. The van der Waals surface area contributed by atoms with E-state index in [-0.39, 0.29) is 17.6 Å². The lowest BCUT2D eigenvalue weighted by atomic mass is 9.94. The summed E-state index contributed by atoms with van der Waals surface area (Å²) in [7, 11) is -1.52. The van der Waals surface area contributed by atoms with E-state index in [9.17, 15) is 13.2 Å². The fourth-order valence-electron chi connectivity index (χ4n) is 3.44. The van der Waals surface area contributed by atoms with E-state index in [0.717, 1.165) is 17.0 Å². The van der Waals surface area contributed by atoms with Gasteiger partial charge in [-0.1, -0.05) is 6.92 Å². The number of nitrogens with zero attached hydrogens (tertiary/aromatic N) is 2. The number of amides is 1. The fraction of sp³-hybridized carbons (Fsp3) is 0.500. The minimum Gasteiger partial charge on any atom is -0.497 e. The topological polar surface area (TPSA) is 88.6 Å². The van der Waals surface area contributed by atoms with Gasteiger partial charge in [-0.05, 0) is 49.4 Å². The summed E-state index contributed by atoms with van der Waals surface area (Å²) >= 11 is 1.39. The van der Waals surface area contributed by atoms with Gasteiger partial charge in [0.15, 0.2) is 5.13 Å². The second-order valence-electron chi connectivity index (χ2n) is 7.18. The van der Waals surface area contributed by atoms with E-state index in [4.69, 9.17) is 4.74 Å². The molecule has 0 radical (unpaired) electrons. The van der Waals surface area contributed by atoms with Crippen molar-refractivity contribution in [1.29, 1.82) is 0 Å². The predicted molar refractivity (Wildman–Crippen MR) is 116 cm³/mol. The summed E-state index contributed by atoms with van der Waals surface area (Å²) in [6.45, 7) is 2.87. The number of anilines is 1. The molecule has 1 N–H and O–H groups in total. The maximum atomic E-state index is 12.4. The Hall–Kier alpha value is -1.97. The molecule has 1 amide bonds. The largest absolute Gasteiger partial charge is 0.497 e. The highest BCUT2D eigenvalue weighted by Gasteiger charge is 2.28.